The summed E-state index contributed by atoms with van der Waals surface area (Å²) in [6.07, 6.45) is 2.92. The van der Waals surface area contributed by atoms with E-state index in [1.165, 1.54) is 0 Å². The number of hydrogen-bond acceptors (Lipinski definition) is 3. The molecule has 5 heteroatoms. The molecule has 2 aliphatic heterocycles. The van der Waals surface area contributed by atoms with Gasteiger partial charge in [-0.25, -0.2) is 8.42 Å². The highest BCUT2D eigenvalue weighted by atomic mass is 32.2. The van der Waals surface area contributed by atoms with Gasteiger partial charge in [-0.05, 0) is 19.3 Å². The van der Waals surface area contributed by atoms with Gasteiger partial charge in [0.05, 0.1) is 6.04 Å². The molecule has 0 aromatic rings. The van der Waals surface area contributed by atoms with E-state index in [0.29, 0.717) is 0 Å². The topological polar surface area (TPSA) is 54.5 Å². The van der Waals surface area contributed by atoms with E-state index in [0.717, 1.165) is 25.8 Å². The van der Waals surface area contributed by atoms with Crippen molar-refractivity contribution in [3.63, 3.8) is 0 Å². The number of piperidine rings is 1. The van der Waals surface area contributed by atoms with E-state index < -0.39 is 15.1 Å². The molecule has 14 heavy (non-hydrogen) atoms. The fourth-order valence-corrected chi connectivity index (χ4v) is 3.93. The second-order valence-corrected chi connectivity index (χ2v) is 6.38. The summed E-state index contributed by atoms with van der Waals surface area (Å²) in [5, 5.41) is -0.715. The summed E-state index contributed by atoms with van der Waals surface area (Å²) in [7, 11) is -3.17. The fourth-order valence-electron chi connectivity index (χ4n) is 2.36. The molecule has 4 nitrogen and oxygen atoms in total. The maximum absolute atomic E-state index is 11.6. The Labute approximate surface area is 84.2 Å². The first-order valence-corrected chi connectivity index (χ1v) is 6.81. The Bertz CT molecular complexity index is 349. The van der Waals surface area contributed by atoms with Crippen LogP contribution in [0.5, 0.6) is 0 Å². The van der Waals surface area contributed by atoms with Crippen LogP contribution in [0.25, 0.3) is 0 Å². The number of rotatable bonds is 2. The van der Waals surface area contributed by atoms with Crippen LogP contribution in [0.1, 0.15) is 26.2 Å². The second-order valence-electron chi connectivity index (χ2n) is 3.97. The minimum absolute atomic E-state index is 0.0128. The number of nitrogens with zero attached hydrogens (tertiary/aromatic N) is 1. The molecule has 0 radical (unpaired) electrons. The van der Waals surface area contributed by atoms with Crippen LogP contribution in [0.3, 0.4) is 0 Å². The Morgan fingerprint density at radius 2 is 2.14 bits per heavy atom. The van der Waals surface area contributed by atoms with Gasteiger partial charge in [-0.1, -0.05) is 6.92 Å². The molecule has 2 atom stereocenters. The maximum Gasteiger partial charge on any atom is 0.243 e. The molecule has 0 bridgehead atoms. The highest BCUT2D eigenvalue weighted by Gasteiger charge is 2.53. The minimum Gasteiger partial charge on any atom is -0.337 e. The normalized spacial score (nSPS) is 32.4. The van der Waals surface area contributed by atoms with Gasteiger partial charge in [-0.2, -0.15) is 0 Å². The first-order valence-electron chi connectivity index (χ1n) is 5.10. The molecular formula is C9H15NO3S. The highest BCUT2D eigenvalue weighted by Crippen LogP contribution is 2.33. The molecule has 0 aliphatic carbocycles. The van der Waals surface area contributed by atoms with Crippen molar-refractivity contribution >= 4 is 15.7 Å². The summed E-state index contributed by atoms with van der Waals surface area (Å²) in [6, 6.07) is -0.0128. The number of hydrogen-bond donors (Lipinski definition) is 0. The Kier molecular flexibility index (Phi) is 2.29. The van der Waals surface area contributed by atoms with Crippen molar-refractivity contribution < 1.29 is 13.2 Å². The first-order chi connectivity index (χ1) is 6.58. The van der Waals surface area contributed by atoms with Crippen LogP contribution in [0, 0.1) is 0 Å². The van der Waals surface area contributed by atoms with Crippen molar-refractivity contribution in [1.82, 2.24) is 4.90 Å². The number of amides is 1. The van der Waals surface area contributed by atoms with Gasteiger partial charge in [-0.3, -0.25) is 4.79 Å². The number of sulfone groups is 1. The minimum atomic E-state index is -3.17. The van der Waals surface area contributed by atoms with Crippen molar-refractivity contribution in [2.45, 2.75) is 37.5 Å². The molecule has 0 spiro atoms. The van der Waals surface area contributed by atoms with E-state index in [1.54, 1.807) is 11.8 Å². The van der Waals surface area contributed by atoms with Gasteiger partial charge in [0, 0.05) is 12.3 Å². The van der Waals surface area contributed by atoms with Gasteiger partial charge < -0.3 is 4.90 Å². The Balaban J connectivity index is 2.19. The third-order valence-electron chi connectivity index (χ3n) is 3.21. The van der Waals surface area contributed by atoms with Crippen LogP contribution in [0.15, 0.2) is 0 Å². The van der Waals surface area contributed by atoms with E-state index in [-0.39, 0.29) is 17.7 Å². The zero-order chi connectivity index (χ0) is 10.3. The molecule has 2 heterocycles. The molecule has 2 rings (SSSR count). The lowest BCUT2D eigenvalue weighted by Crippen LogP contribution is -2.68. The lowest BCUT2D eigenvalue weighted by atomic mass is 9.91. The van der Waals surface area contributed by atoms with Gasteiger partial charge in [0.15, 0.2) is 15.1 Å². The van der Waals surface area contributed by atoms with E-state index in [4.69, 9.17) is 0 Å². The largest absolute Gasteiger partial charge is 0.337 e. The van der Waals surface area contributed by atoms with Crippen molar-refractivity contribution in [2.75, 3.05) is 12.3 Å². The van der Waals surface area contributed by atoms with Crippen LogP contribution in [0.4, 0.5) is 0 Å². The Hall–Kier alpha value is -0.580. The predicted molar refractivity (Wildman–Crippen MR) is 52.6 cm³/mol. The summed E-state index contributed by atoms with van der Waals surface area (Å²) in [6.45, 7) is 2.35. The summed E-state index contributed by atoms with van der Waals surface area (Å²) < 4.78 is 23.2. The van der Waals surface area contributed by atoms with Crippen molar-refractivity contribution in [2.24, 2.45) is 0 Å². The Morgan fingerprint density at radius 3 is 2.79 bits per heavy atom. The van der Waals surface area contributed by atoms with Crippen molar-refractivity contribution in [1.29, 1.82) is 0 Å². The molecule has 2 fully saturated rings. The summed E-state index contributed by atoms with van der Waals surface area (Å²) >= 11 is 0. The molecule has 0 aromatic heterocycles. The van der Waals surface area contributed by atoms with E-state index in [9.17, 15) is 13.2 Å². The van der Waals surface area contributed by atoms with Gasteiger partial charge in [0.25, 0.3) is 0 Å². The molecular weight excluding hydrogens is 202 g/mol. The van der Waals surface area contributed by atoms with E-state index in [1.807, 2.05) is 0 Å². The zero-order valence-electron chi connectivity index (χ0n) is 8.27. The molecule has 0 aromatic carbocycles. The van der Waals surface area contributed by atoms with Gasteiger partial charge in [-0.15, -0.1) is 0 Å². The number of fused-ring (bicyclic) bond motifs is 1. The van der Waals surface area contributed by atoms with Crippen LogP contribution in [0.2, 0.25) is 0 Å². The van der Waals surface area contributed by atoms with Crippen LogP contribution < -0.4 is 0 Å². The maximum atomic E-state index is 11.6. The summed E-state index contributed by atoms with van der Waals surface area (Å²) in [5.74, 6) is -0.0927. The van der Waals surface area contributed by atoms with Crippen LogP contribution in [-0.2, 0) is 14.6 Å². The quantitative estimate of drug-likeness (QED) is 0.620. The molecule has 2 aliphatic rings. The van der Waals surface area contributed by atoms with Crippen LogP contribution >= 0.6 is 0 Å². The summed E-state index contributed by atoms with van der Waals surface area (Å²) in [5.41, 5.74) is 0. The third-order valence-corrected chi connectivity index (χ3v) is 5.31. The van der Waals surface area contributed by atoms with Gasteiger partial charge >= 0.3 is 0 Å². The standard InChI is InChI=1S/C9H15NO3S/c1-2-14(12,13)8-7-5-3-4-6-10(7)9(8)11/h7-8H,2-6H2,1H3/t7-,8+/m0/s1. The van der Waals surface area contributed by atoms with Crippen LogP contribution in [-0.4, -0.2) is 42.8 Å². The molecule has 0 unspecified atom stereocenters. The van der Waals surface area contributed by atoms with Gasteiger partial charge in [0.2, 0.25) is 5.91 Å². The Morgan fingerprint density at radius 1 is 1.43 bits per heavy atom. The highest BCUT2D eigenvalue weighted by molar-refractivity contribution is 7.92. The first kappa shape index (κ1) is 9.96. The monoisotopic (exact) mass is 217 g/mol. The SMILES string of the molecule is CCS(=O)(=O)[C@H]1C(=O)N2CCCC[C@@H]12. The van der Waals surface area contributed by atoms with E-state index in [2.05, 4.69) is 0 Å². The number of carbonyl (C=O) groups excluding carboxylic acids is 1. The number of β-lactam (4-membered cyclic amide) rings is 1. The average molecular weight is 217 g/mol. The zero-order valence-corrected chi connectivity index (χ0v) is 9.09. The lowest BCUT2D eigenvalue weighted by Gasteiger charge is -2.49. The van der Waals surface area contributed by atoms with Gasteiger partial charge in [0.1, 0.15) is 0 Å². The van der Waals surface area contributed by atoms with Crippen molar-refractivity contribution in [3.05, 3.63) is 0 Å². The molecule has 1 amide bonds. The number of carbonyl (C=O) groups is 1. The molecule has 2 saturated heterocycles. The second kappa shape index (κ2) is 3.22. The fraction of sp³-hybridized carbons (Fsp3) is 0.889. The molecule has 80 valence electrons. The molecule has 0 saturated carbocycles. The average Bonchev–Trinajstić information content (AvgIpc) is 2.17. The van der Waals surface area contributed by atoms with E-state index >= 15 is 0 Å². The predicted octanol–water partition coefficient (Wildman–Crippen LogP) is 0.184. The molecule has 0 N–H and O–H groups in total. The van der Waals surface area contributed by atoms with Crippen molar-refractivity contribution in [3.8, 4) is 0 Å². The third kappa shape index (κ3) is 1.26. The lowest BCUT2D eigenvalue weighted by molar-refractivity contribution is -0.147. The smallest absolute Gasteiger partial charge is 0.243 e. The summed E-state index contributed by atoms with van der Waals surface area (Å²) in [4.78, 5) is 13.3.